The summed E-state index contributed by atoms with van der Waals surface area (Å²) in [6, 6.07) is 6.38. The molecule has 1 aromatic carbocycles. The van der Waals surface area contributed by atoms with Crippen molar-refractivity contribution in [3.8, 4) is 0 Å². The molecule has 1 N–H and O–H groups in total. The summed E-state index contributed by atoms with van der Waals surface area (Å²) in [6.45, 7) is 2.47. The van der Waals surface area contributed by atoms with Crippen molar-refractivity contribution in [2.45, 2.75) is 19.0 Å². The van der Waals surface area contributed by atoms with E-state index in [0.717, 1.165) is 41.2 Å². The van der Waals surface area contributed by atoms with E-state index in [1.165, 1.54) is 0 Å². The lowest BCUT2D eigenvalue weighted by Gasteiger charge is -2.11. The average molecular weight is 291 g/mol. The lowest BCUT2D eigenvalue weighted by molar-refractivity contribution is 0.190. The van der Waals surface area contributed by atoms with Crippen molar-refractivity contribution in [2.24, 2.45) is 0 Å². The molecule has 1 unspecified atom stereocenters. The van der Waals surface area contributed by atoms with E-state index in [1.807, 2.05) is 18.2 Å². The van der Waals surface area contributed by atoms with Crippen LogP contribution in [0.4, 0.5) is 0 Å². The minimum atomic E-state index is 0.472. The van der Waals surface area contributed by atoms with Crippen LogP contribution < -0.4 is 5.32 Å². The summed E-state index contributed by atoms with van der Waals surface area (Å²) >= 11 is 9.53. The Morgan fingerprint density at radius 2 is 2.40 bits per heavy atom. The van der Waals surface area contributed by atoms with Crippen LogP contribution in [0.2, 0.25) is 5.02 Å². The van der Waals surface area contributed by atoms with Gasteiger partial charge in [-0.3, -0.25) is 0 Å². The van der Waals surface area contributed by atoms with Gasteiger partial charge in [-0.05, 0) is 30.2 Å². The van der Waals surface area contributed by atoms with E-state index in [1.54, 1.807) is 0 Å². The Morgan fingerprint density at radius 1 is 1.53 bits per heavy atom. The number of rotatable bonds is 3. The SMILES string of the molecule is Clc1ccc(Br)cc1CNC1CCOC1. The van der Waals surface area contributed by atoms with Gasteiger partial charge in [0.05, 0.1) is 6.61 Å². The lowest BCUT2D eigenvalue weighted by Crippen LogP contribution is -2.28. The zero-order chi connectivity index (χ0) is 10.7. The van der Waals surface area contributed by atoms with E-state index < -0.39 is 0 Å². The van der Waals surface area contributed by atoms with Crippen molar-refractivity contribution >= 4 is 27.5 Å². The van der Waals surface area contributed by atoms with Gasteiger partial charge in [0.1, 0.15) is 0 Å². The van der Waals surface area contributed by atoms with Crippen LogP contribution >= 0.6 is 27.5 Å². The Balaban J connectivity index is 1.94. The molecule has 0 spiro atoms. The molecule has 15 heavy (non-hydrogen) atoms. The van der Waals surface area contributed by atoms with Gasteiger partial charge in [0.2, 0.25) is 0 Å². The maximum Gasteiger partial charge on any atom is 0.0620 e. The molecule has 0 aliphatic carbocycles. The largest absolute Gasteiger partial charge is 0.380 e. The molecule has 1 fully saturated rings. The van der Waals surface area contributed by atoms with Gasteiger partial charge < -0.3 is 10.1 Å². The van der Waals surface area contributed by atoms with Crippen LogP contribution in [0.5, 0.6) is 0 Å². The minimum absolute atomic E-state index is 0.472. The Morgan fingerprint density at radius 3 is 3.13 bits per heavy atom. The van der Waals surface area contributed by atoms with Gasteiger partial charge in [0.25, 0.3) is 0 Å². The maximum absolute atomic E-state index is 6.09. The molecule has 1 aliphatic heterocycles. The van der Waals surface area contributed by atoms with E-state index in [4.69, 9.17) is 16.3 Å². The highest BCUT2D eigenvalue weighted by Gasteiger charge is 2.14. The maximum atomic E-state index is 6.09. The molecular formula is C11H13BrClNO. The molecule has 0 saturated carbocycles. The zero-order valence-electron chi connectivity index (χ0n) is 8.30. The smallest absolute Gasteiger partial charge is 0.0620 e. The number of benzene rings is 1. The zero-order valence-corrected chi connectivity index (χ0v) is 10.6. The molecule has 2 rings (SSSR count). The number of halogens is 2. The molecule has 0 amide bonds. The molecule has 1 atom stereocenters. The second-order valence-electron chi connectivity index (χ2n) is 3.68. The van der Waals surface area contributed by atoms with Crippen LogP contribution in [-0.2, 0) is 11.3 Å². The van der Waals surface area contributed by atoms with Crippen molar-refractivity contribution in [3.05, 3.63) is 33.3 Å². The fourth-order valence-electron chi connectivity index (χ4n) is 1.63. The third-order valence-electron chi connectivity index (χ3n) is 2.52. The van der Waals surface area contributed by atoms with Crippen LogP contribution in [0.25, 0.3) is 0 Å². The summed E-state index contributed by atoms with van der Waals surface area (Å²) in [4.78, 5) is 0. The Bertz CT molecular complexity index is 339. The summed E-state index contributed by atoms with van der Waals surface area (Å²) < 4.78 is 6.36. The van der Waals surface area contributed by atoms with Gasteiger partial charge in [0, 0.05) is 28.7 Å². The number of hydrogen-bond acceptors (Lipinski definition) is 2. The summed E-state index contributed by atoms with van der Waals surface area (Å²) in [7, 11) is 0. The highest BCUT2D eigenvalue weighted by atomic mass is 79.9. The number of ether oxygens (including phenoxy) is 1. The van der Waals surface area contributed by atoms with E-state index in [-0.39, 0.29) is 0 Å². The molecule has 0 radical (unpaired) electrons. The molecule has 4 heteroatoms. The van der Waals surface area contributed by atoms with Crippen molar-refractivity contribution in [1.82, 2.24) is 5.32 Å². The van der Waals surface area contributed by atoms with E-state index >= 15 is 0 Å². The first-order chi connectivity index (χ1) is 7.25. The first-order valence-electron chi connectivity index (χ1n) is 5.01. The average Bonchev–Trinajstić information content (AvgIpc) is 2.72. The van der Waals surface area contributed by atoms with Crippen LogP contribution in [0.15, 0.2) is 22.7 Å². The highest BCUT2D eigenvalue weighted by Crippen LogP contribution is 2.21. The van der Waals surface area contributed by atoms with Crippen molar-refractivity contribution in [2.75, 3.05) is 13.2 Å². The topological polar surface area (TPSA) is 21.3 Å². The molecule has 1 aliphatic rings. The van der Waals surface area contributed by atoms with Crippen molar-refractivity contribution in [3.63, 3.8) is 0 Å². The second-order valence-corrected chi connectivity index (χ2v) is 5.00. The molecule has 0 aromatic heterocycles. The van der Waals surface area contributed by atoms with Crippen LogP contribution in [0.3, 0.4) is 0 Å². The van der Waals surface area contributed by atoms with Crippen LogP contribution in [-0.4, -0.2) is 19.3 Å². The predicted molar refractivity (Wildman–Crippen MR) is 65.2 cm³/mol. The van der Waals surface area contributed by atoms with Gasteiger partial charge in [0.15, 0.2) is 0 Å². The third kappa shape index (κ3) is 3.18. The normalized spacial score (nSPS) is 20.8. The second kappa shape index (κ2) is 5.30. The Labute approximate surface area is 103 Å². The minimum Gasteiger partial charge on any atom is -0.380 e. The molecule has 82 valence electrons. The summed E-state index contributed by atoms with van der Waals surface area (Å²) in [5, 5.41) is 4.25. The van der Waals surface area contributed by atoms with Crippen LogP contribution in [0, 0.1) is 0 Å². The molecule has 0 bridgehead atoms. The van der Waals surface area contributed by atoms with Gasteiger partial charge in [-0.2, -0.15) is 0 Å². The van der Waals surface area contributed by atoms with Crippen molar-refractivity contribution < 1.29 is 4.74 Å². The summed E-state index contributed by atoms with van der Waals surface area (Å²) in [5.41, 5.74) is 1.12. The Hall–Kier alpha value is -0.0900. The van der Waals surface area contributed by atoms with E-state index in [0.29, 0.717) is 6.04 Å². The summed E-state index contributed by atoms with van der Waals surface area (Å²) in [6.07, 6.45) is 1.09. The molecule has 2 nitrogen and oxygen atoms in total. The van der Waals surface area contributed by atoms with Crippen molar-refractivity contribution in [1.29, 1.82) is 0 Å². The number of nitrogens with one attached hydrogen (secondary N) is 1. The van der Waals surface area contributed by atoms with Gasteiger partial charge in [-0.25, -0.2) is 0 Å². The first-order valence-corrected chi connectivity index (χ1v) is 6.18. The fourth-order valence-corrected chi connectivity index (χ4v) is 2.22. The van der Waals surface area contributed by atoms with E-state index in [2.05, 4.69) is 21.2 Å². The number of hydrogen-bond donors (Lipinski definition) is 1. The van der Waals surface area contributed by atoms with Gasteiger partial charge >= 0.3 is 0 Å². The quantitative estimate of drug-likeness (QED) is 0.924. The Kier molecular flexibility index (Phi) is 4.03. The standard InChI is InChI=1S/C11H13BrClNO/c12-9-1-2-11(13)8(5-9)6-14-10-3-4-15-7-10/h1-2,5,10,14H,3-4,6-7H2. The molecule has 1 aromatic rings. The summed E-state index contributed by atoms with van der Waals surface area (Å²) in [5.74, 6) is 0. The molecule has 1 saturated heterocycles. The highest BCUT2D eigenvalue weighted by molar-refractivity contribution is 9.10. The monoisotopic (exact) mass is 289 g/mol. The lowest BCUT2D eigenvalue weighted by atomic mass is 10.2. The molecular weight excluding hydrogens is 277 g/mol. The van der Waals surface area contributed by atoms with E-state index in [9.17, 15) is 0 Å². The predicted octanol–water partition coefficient (Wildman–Crippen LogP) is 2.98. The van der Waals surface area contributed by atoms with Crippen LogP contribution in [0.1, 0.15) is 12.0 Å². The third-order valence-corrected chi connectivity index (χ3v) is 3.38. The fraction of sp³-hybridized carbons (Fsp3) is 0.455. The van der Waals surface area contributed by atoms with Gasteiger partial charge in [-0.1, -0.05) is 27.5 Å². The first kappa shape index (κ1) is 11.4. The molecule has 1 heterocycles. The van der Waals surface area contributed by atoms with Gasteiger partial charge in [-0.15, -0.1) is 0 Å².